The fourth-order valence-corrected chi connectivity index (χ4v) is 3.10. The zero-order valence-electron chi connectivity index (χ0n) is 14.5. The quantitative estimate of drug-likeness (QED) is 0.917. The SMILES string of the molecule is COc1cc2c(N3CCC(C)(O)CC3)ncnc2c(OC)c1OC. The van der Waals surface area contributed by atoms with Crippen LogP contribution in [-0.4, -0.2) is 55.1 Å². The van der Waals surface area contributed by atoms with Gasteiger partial charge in [-0.15, -0.1) is 0 Å². The lowest BCUT2D eigenvalue weighted by Crippen LogP contribution is -2.42. The van der Waals surface area contributed by atoms with Gasteiger partial charge in [0.1, 0.15) is 17.7 Å². The lowest BCUT2D eigenvalue weighted by molar-refractivity contribution is 0.0350. The molecule has 1 aliphatic rings. The third-order valence-electron chi connectivity index (χ3n) is 4.55. The Morgan fingerprint density at radius 1 is 1.04 bits per heavy atom. The summed E-state index contributed by atoms with van der Waals surface area (Å²) in [7, 11) is 4.74. The van der Waals surface area contributed by atoms with Gasteiger partial charge in [0.2, 0.25) is 5.75 Å². The van der Waals surface area contributed by atoms with Crippen LogP contribution in [-0.2, 0) is 0 Å². The van der Waals surface area contributed by atoms with Crippen molar-refractivity contribution in [3.05, 3.63) is 12.4 Å². The Morgan fingerprint density at radius 3 is 2.29 bits per heavy atom. The first-order chi connectivity index (χ1) is 11.5. The van der Waals surface area contributed by atoms with Crippen molar-refractivity contribution in [1.29, 1.82) is 0 Å². The van der Waals surface area contributed by atoms with Crippen LogP contribution < -0.4 is 19.1 Å². The largest absolute Gasteiger partial charge is 0.493 e. The predicted molar refractivity (Wildman–Crippen MR) is 91.3 cm³/mol. The van der Waals surface area contributed by atoms with Crippen molar-refractivity contribution >= 4 is 16.7 Å². The Kier molecular flexibility index (Phi) is 4.36. The van der Waals surface area contributed by atoms with Crippen molar-refractivity contribution in [2.45, 2.75) is 25.4 Å². The van der Waals surface area contributed by atoms with Crippen LogP contribution in [0.15, 0.2) is 12.4 Å². The molecule has 130 valence electrons. The molecule has 0 amide bonds. The monoisotopic (exact) mass is 333 g/mol. The lowest BCUT2D eigenvalue weighted by atomic mass is 9.94. The van der Waals surface area contributed by atoms with E-state index in [9.17, 15) is 5.11 Å². The highest BCUT2D eigenvalue weighted by Crippen LogP contribution is 2.44. The van der Waals surface area contributed by atoms with Gasteiger partial charge in [-0.1, -0.05) is 0 Å². The van der Waals surface area contributed by atoms with Gasteiger partial charge in [0.05, 0.1) is 32.3 Å². The minimum atomic E-state index is -0.613. The molecule has 1 fully saturated rings. The highest BCUT2D eigenvalue weighted by Gasteiger charge is 2.29. The highest BCUT2D eigenvalue weighted by atomic mass is 16.5. The Balaban J connectivity index is 2.13. The van der Waals surface area contributed by atoms with Gasteiger partial charge < -0.3 is 24.2 Å². The van der Waals surface area contributed by atoms with Crippen LogP contribution in [0.3, 0.4) is 0 Å². The smallest absolute Gasteiger partial charge is 0.205 e. The number of aromatic nitrogens is 2. The molecule has 2 heterocycles. The molecule has 3 rings (SSSR count). The molecule has 0 radical (unpaired) electrons. The van der Waals surface area contributed by atoms with E-state index in [2.05, 4.69) is 14.9 Å². The van der Waals surface area contributed by atoms with Crippen LogP contribution in [0.1, 0.15) is 19.8 Å². The molecule has 7 nitrogen and oxygen atoms in total. The van der Waals surface area contributed by atoms with Gasteiger partial charge >= 0.3 is 0 Å². The van der Waals surface area contributed by atoms with Crippen LogP contribution >= 0.6 is 0 Å². The minimum absolute atomic E-state index is 0.513. The van der Waals surface area contributed by atoms with Gasteiger partial charge in [-0.25, -0.2) is 9.97 Å². The van der Waals surface area contributed by atoms with Gasteiger partial charge in [0, 0.05) is 13.1 Å². The molecule has 0 aliphatic carbocycles. The molecule has 0 saturated carbocycles. The summed E-state index contributed by atoms with van der Waals surface area (Å²) in [5, 5.41) is 11.0. The molecule has 0 spiro atoms. The summed E-state index contributed by atoms with van der Waals surface area (Å²) in [5.41, 5.74) is 0.0651. The summed E-state index contributed by atoms with van der Waals surface area (Å²) in [4.78, 5) is 11.0. The van der Waals surface area contributed by atoms with Crippen molar-refractivity contribution < 1.29 is 19.3 Å². The molecule has 1 aromatic carbocycles. The third kappa shape index (κ3) is 2.80. The number of fused-ring (bicyclic) bond motifs is 1. The maximum absolute atomic E-state index is 10.2. The normalized spacial score (nSPS) is 17.0. The molecule has 24 heavy (non-hydrogen) atoms. The standard InChI is InChI=1S/C17H23N3O4/c1-17(21)5-7-20(8-6-17)16-11-9-12(22-2)14(23-3)15(24-4)13(11)18-10-19-16/h9-10,21H,5-8H2,1-4H3. The van der Waals surface area contributed by atoms with Crippen LogP contribution in [0.4, 0.5) is 5.82 Å². The van der Waals surface area contributed by atoms with Crippen LogP contribution in [0.5, 0.6) is 17.2 Å². The molecule has 1 N–H and O–H groups in total. The van der Waals surface area contributed by atoms with Gasteiger partial charge in [-0.2, -0.15) is 0 Å². The Bertz CT molecular complexity index is 738. The minimum Gasteiger partial charge on any atom is -0.493 e. The van der Waals surface area contributed by atoms with Crippen molar-refractivity contribution in [2.24, 2.45) is 0 Å². The zero-order chi connectivity index (χ0) is 17.3. The first-order valence-corrected chi connectivity index (χ1v) is 7.91. The number of piperidine rings is 1. The molecular weight excluding hydrogens is 310 g/mol. The van der Waals surface area contributed by atoms with E-state index in [0.717, 1.165) is 24.3 Å². The summed E-state index contributed by atoms with van der Waals surface area (Å²) in [6, 6.07) is 1.87. The number of rotatable bonds is 4. The second kappa shape index (κ2) is 6.32. The van der Waals surface area contributed by atoms with Crippen LogP contribution in [0, 0.1) is 0 Å². The maximum Gasteiger partial charge on any atom is 0.205 e. The zero-order valence-corrected chi connectivity index (χ0v) is 14.5. The third-order valence-corrected chi connectivity index (χ3v) is 4.55. The molecule has 1 aromatic heterocycles. The fraction of sp³-hybridized carbons (Fsp3) is 0.529. The second-order valence-corrected chi connectivity index (χ2v) is 6.22. The molecule has 0 unspecified atom stereocenters. The van der Waals surface area contributed by atoms with E-state index in [1.807, 2.05) is 13.0 Å². The maximum atomic E-state index is 10.2. The first-order valence-electron chi connectivity index (χ1n) is 7.91. The van der Waals surface area contributed by atoms with E-state index in [0.29, 0.717) is 35.6 Å². The van der Waals surface area contributed by atoms with Crippen molar-refractivity contribution in [2.75, 3.05) is 39.3 Å². The van der Waals surface area contributed by atoms with E-state index in [1.54, 1.807) is 21.3 Å². The second-order valence-electron chi connectivity index (χ2n) is 6.22. The molecule has 2 aromatic rings. The Hall–Kier alpha value is -2.28. The summed E-state index contributed by atoms with van der Waals surface area (Å²) in [6.45, 7) is 3.34. The molecule has 7 heteroatoms. The summed E-state index contributed by atoms with van der Waals surface area (Å²) in [5.74, 6) is 2.43. The molecular formula is C17H23N3O4. The van der Waals surface area contributed by atoms with E-state index in [1.165, 1.54) is 6.33 Å². The molecule has 1 saturated heterocycles. The number of hydrogen-bond donors (Lipinski definition) is 1. The number of benzene rings is 1. The van der Waals surface area contributed by atoms with Crippen molar-refractivity contribution in [1.82, 2.24) is 9.97 Å². The molecule has 0 atom stereocenters. The number of aliphatic hydroxyl groups is 1. The van der Waals surface area contributed by atoms with Gasteiger partial charge in [-0.05, 0) is 25.8 Å². The Morgan fingerprint density at radius 2 is 1.71 bits per heavy atom. The fourth-order valence-electron chi connectivity index (χ4n) is 3.10. The average molecular weight is 333 g/mol. The van der Waals surface area contributed by atoms with Crippen LogP contribution in [0.25, 0.3) is 10.9 Å². The van der Waals surface area contributed by atoms with Crippen molar-refractivity contribution in [3.8, 4) is 17.2 Å². The summed E-state index contributed by atoms with van der Waals surface area (Å²) >= 11 is 0. The van der Waals surface area contributed by atoms with E-state index in [4.69, 9.17) is 14.2 Å². The Labute approximate surface area is 141 Å². The topological polar surface area (TPSA) is 76.9 Å². The van der Waals surface area contributed by atoms with Crippen molar-refractivity contribution in [3.63, 3.8) is 0 Å². The number of methoxy groups -OCH3 is 3. The predicted octanol–water partition coefficient (Wildman–Crippen LogP) is 2.01. The number of hydrogen-bond acceptors (Lipinski definition) is 7. The number of ether oxygens (including phenoxy) is 3. The van der Waals surface area contributed by atoms with Crippen LogP contribution in [0.2, 0.25) is 0 Å². The number of anilines is 1. The summed E-state index contributed by atoms with van der Waals surface area (Å²) < 4.78 is 16.4. The first kappa shape index (κ1) is 16.6. The van der Waals surface area contributed by atoms with E-state index < -0.39 is 5.60 Å². The van der Waals surface area contributed by atoms with Gasteiger partial charge in [-0.3, -0.25) is 0 Å². The lowest BCUT2D eigenvalue weighted by Gasteiger charge is -2.36. The number of nitrogens with zero attached hydrogens (tertiary/aromatic N) is 3. The highest BCUT2D eigenvalue weighted by molar-refractivity contribution is 5.97. The summed E-state index contributed by atoms with van der Waals surface area (Å²) in [6.07, 6.45) is 2.92. The molecule has 1 aliphatic heterocycles. The van der Waals surface area contributed by atoms with Gasteiger partial charge in [0.15, 0.2) is 11.5 Å². The van der Waals surface area contributed by atoms with E-state index >= 15 is 0 Å². The van der Waals surface area contributed by atoms with Gasteiger partial charge in [0.25, 0.3) is 0 Å². The molecule has 0 bridgehead atoms. The van der Waals surface area contributed by atoms with E-state index in [-0.39, 0.29) is 0 Å². The average Bonchev–Trinajstić information content (AvgIpc) is 2.59.